The fourth-order valence-electron chi connectivity index (χ4n) is 3.07. The molecule has 0 bridgehead atoms. The van der Waals surface area contributed by atoms with Crippen molar-refractivity contribution < 1.29 is 13.2 Å². The molecule has 0 atom stereocenters. The number of alkyl halides is 3. The van der Waals surface area contributed by atoms with Gasteiger partial charge in [-0.15, -0.1) is 0 Å². The molecule has 0 saturated carbocycles. The minimum absolute atomic E-state index is 0.261. The number of rotatable bonds is 4. The molecule has 0 spiro atoms. The van der Waals surface area contributed by atoms with E-state index >= 15 is 0 Å². The highest BCUT2D eigenvalue weighted by atomic mass is 32.1. The van der Waals surface area contributed by atoms with Crippen molar-refractivity contribution in [3.8, 4) is 0 Å². The fourth-order valence-corrected chi connectivity index (χ4v) is 3.44. The summed E-state index contributed by atoms with van der Waals surface area (Å²) in [6.45, 7) is 7.79. The molecule has 0 aliphatic carbocycles. The molecule has 0 amide bonds. The van der Waals surface area contributed by atoms with E-state index in [-0.39, 0.29) is 6.04 Å². The Morgan fingerprint density at radius 1 is 1.15 bits per heavy atom. The number of nitrogens with zero attached hydrogens (tertiary/aromatic N) is 6. The minimum atomic E-state index is -4.36. The first-order valence-corrected chi connectivity index (χ1v) is 9.31. The van der Waals surface area contributed by atoms with Crippen LogP contribution in [0.3, 0.4) is 0 Å². The number of anilines is 1. The second-order valence-corrected chi connectivity index (χ2v) is 7.28. The van der Waals surface area contributed by atoms with Crippen molar-refractivity contribution in [2.24, 2.45) is 0 Å². The van der Waals surface area contributed by atoms with Gasteiger partial charge >= 0.3 is 6.18 Å². The molecule has 1 aliphatic rings. The van der Waals surface area contributed by atoms with Gasteiger partial charge in [0.2, 0.25) is 0 Å². The molecule has 2 aromatic heterocycles. The lowest BCUT2D eigenvalue weighted by Crippen LogP contribution is -2.32. The normalized spacial score (nSPS) is 16.7. The molecular weight excluding hydrogens is 377 g/mol. The molecule has 1 saturated heterocycles. The van der Waals surface area contributed by atoms with Gasteiger partial charge in [-0.3, -0.25) is 4.90 Å². The summed E-state index contributed by atoms with van der Waals surface area (Å²) in [5, 5.41) is 4.37. The van der Waals surface area contributed by atoms with Crippen LogP contribution in [0.4, 0.5) is 19.0 Å². The van der Waals surface area contributed by atoms with Crippen molar-refractivity contribution in [1.82, 2.24) is 24.2 Å². The van der Waals surface area contributed by atoms with Gasteiger partial charge in [0.1, 0.15) is 12.1 Å². The van der Waals surface area contributed by atoms with Gasteiger partial charge in [0.05, 0.1) is 12.2 Å². The molecule has 1 aliphatic heterocycles. The largest absolute Gasteiger partial charge is 0.417 e. The van der Waals surface area contributed by atoms with Gasteiger partial charge in [-0.05, 0) is 44.6 Å². The van der Waals surface area contributed by atoms with E-state index in [0.717, 1.165) is 38.3 Å². The summed E-state index contributed by atoms with van der Waals surface area (Å²) in [6.07, 6.45) is -0.820. The van der Waals surface area contributed by atoms with Crippen molar-refractivity contribution in [1.29, 1.82) is 0 Å². The fraction of sp³-hybridized carbons (Fsp3) is 0.588. The third-order valence-electron chi connectivity index (χ3n) is 4.64. The maximum absolute atomic E-state index is 12.7. The van der Waals surface area contributed by atoms with Crippen LogP contribution in [0.5, 0.6) is 0 Å². The van der Waals surface area contributed by atoms with Gasteiger partial charge in [-0.25, -0.2) is 9.67 Å². The Morgan fingerprint density at radius 2 is 1.93 bits per heavy atom. The summed E-state index contributed by atoms with van der Waals surface area (Å²) in [6, 6.07) is 2.79. The molecular formula is C17H23F3N6S. The van der Waals surface area contributed by atoms with Crippen molar-refractivity contribution in [2.45, 2.75) is 39.2 Å². The van der Waals surface area contributed by atoms with E-state index in [0.29, 0.717) is 23.8 Å². The number of aromatic nitrogens is 4. The summed E-state index contributed by atoms with van der Waals surface area (Å²) in [7, 11) is 0. The zero-order valence-electron chi connectivity index (χ0n) is 15.4. The Hall–Kier alpha value is -1.94. The van der Waals surface area contributed by atoms with Crippen LogP contribution < -0.4 is 4.90 Å². The third-order valence-corrected chi connectivity index (χ3v) is 5.06. The van der Waals surface area contributed by atoms with Crippen LogP contribution in [0.25, 0.3) is 0 Å². The number of halogens is 3. The molecule has 3 rings (SSSR count). The second-order valence-electron chi connectivity index (χ2n) is 6.92. The standard InChI is InChI=1S/C17H23F3N6S/c1-13(2)25-11-22-26(16(25)27)12-23-6-3-7-24(9-8-23)15-5-4-14(10-21-15)17(18,19)20/h4-5,10-11,13H,3,6-9,12H2,1-2H3. The maximum atomic E-state index is 12.7. The molecule has 0 radical (unpaired) electrons. The van der Waals surface area contributed by atoms with Gasteiger partial charge in [0, 0.05) is 38.4 Å². The Balaban J connectivity index is 1.63. The highest BCUT2D eigenvalue weighted by Gasteiger charge is 2.31. The predicted octanol–water partition coefficient (Wildman–Crippen LogP) is 3.58. The van der Waals surface area contributed by atoms with Crippen LogP contribution in [0.15, 0.2) is 24.7 Å². The lowest BCUT2D eigenvalue weighted by Gasteiger charge is -2.23. The van der Waals surface area contributed by atoms with E-state index in [4.69, 9.17) is 12.2 Å². The molecule has 27 heavy (non-hydrogen) atoms. The lowest BCUT2D eigenvalue weighted by molar-refractivity contribution is -0.137. The number of hydrogen-bond donors (Lipinski definition) is 0. The molecule has 2 aromatic rings. The van der Waals surface area contributed by atoms with Gasteiger partial charge in [-0.2, -0.15) is 18.3 Å². The van der Waals surface area contributed by atoms with Crippen LogP contribution in [-0.2, 0) is 12.8 Å². The molecule has 1 fully saturated rings. The van der Waals surface area contributed by atoms with Crippen LogP contribution in [0.1, 0.15) is 31.9 Å². The molecule has 0 aromatic carbocycles. The summed E-state index contributed by atoms with van der Waals surface area (Å²) in [5.41, 5.74) is -0.724. The van der Waals surface area contributed by atoms with Crippen molar-refractivity contribution in [2.75, 3.05) is 31.1 Å². The van der Waals surface area contributed by atoms with Crippen molar-refractivity contribution in [3.63, 3.8) is 0 Å². The zero-order valence-corrected chi connectivity index (χ0v) is 16.2. The topological polar surface area (TPSA) is 42.1 Å². The highest BCUT2D eigenvalue weighted by Crippen LogP contribution is 2.29. The Kier molecular flexibility index (Phi) is 5.85. The van der Waals surface area contributed by atoms with E-state index in [1.54, 1.807) is 11.0 Å². The SMILES string of the molecule is CC(C)n1cnn(CN2CCCN(c3ccc(C(F)(F)F)cn3)CC2)c1=S. The van der Waals surface area contributed by atoms with Crippen LogP contribution in [-0.4, -0.2) is 50.4 Å². The predicted molar refractivity (Wildman–Crippen MR) is 99.1 cm³/mol. The Bertz CT molecular complexity index is 811. The zero-order chi connectivity index (χ0) is 19.6. The Labute approximate surface area is 161 Å². The lowest BCUT2D eigenvalue weighted by atomic mass is 10.2. The molecule has 0 N–H and O–H groups in total. The van der Waals surface area contributed by atoms with Crippen molar-refractivity contribution >= 4 is 18.0 Å². The highest BCUT2D eigenvalue weighted by molar-refractivity contribution is 7.71. The molecule has 3 heterocycles. The quantitative estimate of drug-likeness (QED) is 0.734. The Morgan fingerprint density at radius 3 is 2.52 bits per heavy atom. The number of hydrogen-bond acceptors (Lipinski definition) is 5. The smallest absolute Gasteiger partial charge is 0.355 e. The van der Waals surface area contributed by atoms with E-state index in [1.807, 2.05) is 9.47 Å². The third kappa shape index (κ3) is 4.67. The second kappa shape index (κ2) is 7.97. The van der Waals surface area contributed by atoms with E-state index in [2.05, 4.69) is 28.8 Å². The van der Waals surface area contributed by atoms with E-state index in [9.17, 15) is 13.2 Å². The first kappa shape index (κ1) is 19.8. The van der Waals surface area contributed by atoms with Crippen LogP contribution in [0.2, 0.25) is 0 Å². The summed E-state index contributed by atoms with van der Waals surface area (Å²) < 4.78 is 42.5. The summed E-state index contributed by atoms with van der Waals surface area (Å²) in [4.78, 5) is 8.27. The van der Waals surface area contributed by atoms with Crippen LogP contribution >= 0.6 is 12.2 Å². The van der Waals surface area contributed by atoms with Gasteiger partial charge in [-0.1, -0.05) is 0 Å². The van der Waals surface area contributed by atoms with E-state index in [1.165, 1.54) is 6.07 Å². The average molecular weight is 400 g/mol. The molecule has 6 nitrogen and oxygen atoms in total. The first-order valence-electron chi connectivity index (χ1n) is 8.90. The van der Waals surface area contributed by atoms with Gasteiger partial charge in [0.15, 0.2) is 4.77 Å². The van der Waals surface area contributed by atoms with Gasteiger partial charge in [0.25, 0.3) is 0 Å². The molecule has 148 valence electrons. The maximum Gasteiger partial charge on any atom is 0.417 e. The minimum Gasteiger partial charge on any atom is -0.355 e. The summed E-state index contributed by atoms with van der Waals surface area (Å²) in [5.74, 6) is 0.575. The molecule has 0 unspecified atom stereocenters. The average Bonchev–Trinajstić information content (AvgIpc) is 2.82. The number of pyridine rings is 1. The monoisotopic (exact) mass is 400 g/mol. The van der Waals surface area contributed by atoms with Gasteiger partial charge < -0.3 is 9.47 Å². The summed E-state index contributed by atoms with van der Waals surface area (Å²) >= 11 is 5.47. The first-order chi connectivity index (χ1) is 12.8. The van der Waals surface area contributed by atoms with Crippen LogP contribution in [0, 0.1) is 4.77 Å². The van der Waals surface area contributed by atoms with E-state index < -0.39 is 11.7 Å². The van der Waals surface area contributed by atoms with Crippen molar-refractivity contribution in [3.05, 3.63) is 35.0 Å². The molecule has 10 heteroatoms.